The molecule has 2 aromatic carbocycles. The maximum atomic E-state index is 12.9. The quantitative estimate of drug-likeness (QED) is 0.779. The molecule has 0 aromatic heterocycles. The van der Waals surface area contributed by atoms with Crippen molar-refractivity contribution in [2.24, 2.45) is 0 Å². The van der Waals surface area contributed by atoms with Crippen LogP contribution in [0.4, 0.5) is 0 Å². The maximum absolute atomic E-state index is 12.9. The van der Waals surface area contributed by atoms with E-state index in [-0.39, 0.29) is 23.0 Å². The van der Waals surface area contributed by atoms with Gasteiger partial charge in [0.2, 0.25) is 10.0 Å². The number of carbonyl (C=O) groups excluding carboxylic acids is 1. The molecule has 0 bridgehead atoms. The first-order valence-electron chi connectivity index (χ1n) is 9.46. The smallest absolute Gasteiger partial charge is 0.251 e. The number of carbonyl (C=O) groups is 1. The summed E-state index contributed by atoms with van der Waals surface area (Å²) < 4.78 is 38.0. The Morgan fingerprint density at radius 1 is 1.14 bits per heavy atom. The van der Waals surface area contributed by atoms with E-state index in [2.05, 4.69) is 5.32 Å². The van der Waals surface area contributed by atoms with Gasteiger partial charge >= 0.3 is 0 Å². The second-order valence-corrected chi connectivity index (χ2v) is 9.08. The van der Waals surface area contributed by atoms with E-state index in [0.29, 0.717) is 25.2 Å². The molecule has 0 radical (unpaired) electrons. The molecule has 29 heavy (non-hydrogen) atoms. The Bertz CT molecular complexity index is 949. The van der Waals surface area contributed by atoms with E-state index in [0.717, 1.165) is 11.3 Å². The molecule has 1 aliphatic heterocycles. The average Bonchev–Trinajstić information content (AvgIpc) is 2.71. The molecule has 1 amide bonds. The van der Waals surface area contributed by atoms with E-state index < -0.39 is 10.0 Å². The molecule has 7 nitrogen and oxygen atoms in total. The van der Waals surface area contributed by atoms with Gasteiger partial charge in [-0.1, -0.05) is 12.1 Å². The van der Waals surface area contributed by atoms with Gasteiger partial charge in [-0.15, -0.1) is 0 Å². The molecule has 0 unspecified atom stereocenters. The highest BCUT2D eigenvalue weighted by Gasteiger charge is 2.32. The van der Waals surface area contributed by atoms with Crippen molar-refractivity contribution >= 4 is 15.9 Å². The molecular weight excluding hydrogens is 392 g/mol. The maximum Gasteiger partial charge on any atom is 0.251 e. The van der Waals surface area contributed by atoms with E-state index in [1.807, 2.05) is 38.1 Å². The van der Waals surface area contributed by atoms with Crippen LogP contribution < -0.4 is 10.1 Å². The van der Waals surface area contributed by atoms with Crippen molar-refractivity contribution in [2.45, 2.75) is 37.5 Å². The molecule has 1 saturated heterocycles. The third-order valence-corrected chi connectivity index (χ3v) is 6.57. The molecule has 0 spiro atoms. The molecule has 1 aliphatic rings. The van der Waals surface area contributed by atoms with Crippen LogP contribution >= 0.6 is 0 Å². The number of morpholine rings is 1. The molecule has 1 fully saturated rings. The van der Waals surface area contributed by atoms with Crippen molar-refractivity contribution in [1.82, 2.24) is 9.62 Å². The number of sulfonamides is 1. The lowest BCUT2D eigenvalue weighted by Gasteiger charge is -2.34. The standard InChI is InChI=1S/C21H26N2O5S/c1-15-13-23(14-16(2)28-15)29(25,26)20-9-7-18(8-10-20)21(24)22-12-17-5-4-6-19(11-17)27-3/h4-11,15-16H,12-14H2,1-3H3,(H,22,24)/t15-,16+. The van der Waals surface area contributed by atoms with Gasteiger partial charge < -0.3 is 14.8 Å². The lowest BCUT2D eigenvalue weighted by Crippen LogP contribution is -2.48. The summed E-state index contributed by atoms with van der Waals surface area (Å²) in [4.78, 5) is 12.6. The summed E-state index contributed by atoms with van der Waals surface area (Å²) in [6.07, 6.45) is -0.314. The Morgan fingerprint density at radius 2 is 1.79 bits per heavy atom. The monoisotopic (exact) mass is 418 g/mol. The molecule has 2 aromatic rings. The topological polar surface area (TPSA) is 84.9 Å². The fraction of sp³-hybridized carbons (Fsp3) is 0.381. The van der Waals surface area contributed by atoms with E-state index in [1.165, 1.54) is 28.6 Å². The van der Waals surface area contributed by atoms with Gasteiger partial charge in [0.05, 0.1) is 24.2 Å². The van der Waals surface area contributed by atoms with Gasteiger partial charge in [0.25, 0.3) is 5.91 Å². The molecule has 0 aliphatic carbocycles. The van der Waals surface area contributed by atoms with Crippen LogP contribution in [0.3, 0.4) is 0 Å². The van der Waals surface area contributed by atoms with Gasteiger partial charge in [-0.05, 0) is 55.8 Å². The van der Waals surface area contributed by atoms with Gasteiger partial charge in [0, 0.05) is 25.2 Å². The summed E-state index contributed by atoms with van der Waals surface area (Å²) >= 11 is 0. The largest absolute Gasteiger partial charge is 0.497 e. The van der Waals surface area contributed by atoms with Crippen molar-refractivity contribution in [3.63, 3.8) is 0 Å². The van der Waals surface area contributed by atoms with E-state index in [4.69, 9.17) is 9.47 Å². The van der Waals surface area contributed by atoms with Gasteiger partial charge in [0.15, 0.2) is 0 Å². The van der Waals surface area contributed by atoms with E-state index in [1.54, 1.807) is 7.11 Å². The molecular formula is C21H26N2O5S. The summed E-state index contributed by atoms with van der Waals surface area (Å²) in [7, 11) is -2.04. The summed E-state index contributed by atoms with van der Waals surface area (Å²) in [5.41, 5.74) is 1.31. The minimum absolute atomic E-state index is 0.157. The molecule has 8 heteroatoms. The van der Waals surface area contributed by atoms with Crippen molar-refractivity contribution in [2.75, 3.05) is 20.2 Å². The van der Waals surface area contributed by atoms with Crippen molar-refractivity contribution in [3.8, 4) is 5.75 Å². The number of hydrogen-bond donors (Lipinski definition) is 1. The number of nitrogens with zero attached hydrogens (tertiary/aromatic N) is 1. The van der Waals surface area contributed by atoms with E-state index >= 15 is 0 Å². The Morgan fingerprint density at radius 3 is 2.41 bits per heavy atom. The Balaban J connectivity index is 1.66. The van der Waals surface area contributed by atoms with Crippen molar-refractivity contribution < 1.29 is 22.7 Å². The molecule has 3 rings (SSSR count). The number of ether oxygens (including phenoxy) is 2. The van der Waals surface area contributed by atoms with Crippen LogP contribution in [0.15, 0.2) is 53.4 Å². The summed E-state index contributed by atoms with van der Waals surface area (Å²) in [5.74, 6) is 0.448. The molecule has 156 valence electrons. The lowest BCUT2D eigenvalue weighted by atomic mass is 10.2. The summed E-state index contributed by atoms with van der Waals surface area (Å²) in [6, 6.07) is 13.4. The van der Waals surface area contributed by atoms with Gasteiger partial charge in [-0.25, -0.2) is 8.42 Å². The second-order valence-electron chi connectivity index (χ2n) is 7.14. The van der Waals surface area contributed by atoms with Gasteiger partial charge in [-0.2, -0.15) is 4.31 Å². The van der Waals surface area contributed by atoms with Crippen LogP contribution in [0.1, 0.15) is 29.8 Å². The van der Waals surface area contributed by atoms with Gasteiger partial charge in [-0.3, -0.25) is 4.79 Å². The minimum Gasteiger partial charge on any atom is -0.497 e. The molecule has 1 heterocycles. The first-order chi connectivity index (χ1) is 13.8. The first-order valence-corrected chi connectivity index (χ1v) is 10.9. The number of hydrogen-bond acceptors (Lipinski definition) is 5. The Hall–Kier alpha value is -2.42. The highest BCUT2D eigenvalue weighted by atomic mass is 32.2. The van der Waals surface area contributed by atoms with Crippen molar-refractivity contribution in [1.29, 1.82) is 0 Å². The average molecular weight is 419 g/mol. The number of benzene rings is 2. The highest BCUT2D eigenvalue weighted by molar-refractivity contribution is 7.89. The lowest BCUT2D eigenvalue weighted by molar-refractivity contribution is -0.0440. The van der Waals surface area contributed by atoms with Crippen LogP contribution in [0.5, 0.6) is 5.75 Å². The van der Waals surface area contributed by atoms with Gasteiger partial charge in [0.1, 0.15) is 5.75 Å². The Labute approximate surface area is 171 Å². The third-order valence-electron chi connectivity index (χ3n) is 4.73. The first kappa shape index (κ1) is 21.3. The van der Waals surface area contributed by atoms with Crippen LogP contribution in [-0.2, 0) is 21.3 Å². The molecule has 0 saturated carbocycles. The predicted octanol–water partition coefficient (Wildman–Crippen LogP) is 2.42. The van der Waals surface area contributed by atoms with E-state index in [9.17, 15) is 13.2 Å². The SMILES string of the molecule is COc1cccc(CNC(=O)c2ccc(S(=O)(=O)N3C[C@@H](C)O[C@@H](C)C3)cc2)c1. The molecule has 2 atom stereocenters. The fourth-order valence-electron chi connectivity index (χ4n) is 3.32. The predicted molar refractivity (Wildman–Crippen MR) is 109 cm³/mol. The van der Waals surface area contributed by atoms with Crippen LogP contribution in [-0.4, -0.2) is 51.0 Å². The van der Waals surface area contributed by atoms with Crippen LogP contribution in [0.2, 0.25) is 0 Å². The van der Waals surface area contributed by atoms with Crippen LogP contribution in [0, 0.1) is 0 Å². The summed E-state index contributed by atoms with van der Waals surface area (Å²) in [6.45, 7) is 4.69. The number of amides is 1. The van der Waals surface area contributed by atoms with Crippen molar-refractivity contribution in [3.05, 3.63) is 59.7 Å². The zero-order chi connectivity index (χ0) is 21.0. The zero-order valence-corrected chi connectivity index (χ0v) is 17.6. The Kier molecular flexibility index (Phi) is 6.56. The van der Waals surface area contributed by atoms with Crippen LogP contribution in [0.25, 0.3) is 0 Å². The molecule has 1 N–H and O–H groups in total. The number of rotatable bonds is 6. The normalized spacial score (nSPS) is 20.2. The summed E-state index contributed by atoms with van der Waals surface area (Å²) in [5, 5.41) is 2.83. The second kappa shape index (κ2) is 8.94. The highest BCUT2D eigenvalue weighted by Crippen LogP contribution is 2.21. The minimum atomic E-state index is -3.63. The number of nitrogens with one attached hydrogen (secondary N) is 1. The third kappa shape index (κ3) is 5.14. The zero-order valence-electron chi connectivity index (χ0n) is 16.8. The fourth-order valence-corrected chi connectivity index (χ4v) is 4.91. The number of methoxy groups -OCH3 is 1.